The number of ether oxygens (including phenoxy) is 1. The van der Waals surface area contributed by atoms with Crippen LogP contribution in [0.2, 0.25) is 0 Å². The first-order valence-electron chi connectivity index (χ1n) is 7.36. The Balaban J connectivity index is 1.44. The Morgan fingerprint density at radius 3 is 2.81 bits per heavy atom. The normalized spacial score (nSPS) is 17.2. The summed E-state index contributed by atoms with van der Waals surface area (Å²) in [6.07, 6.45) is 6.13. The Hall–Kier alpha value is -1.17. The fourth-order valence-electron chi connectivity index (χ4n) is 2.67. The minimum atomic E-state index is 0.358. The van der Waals surface area contributed by atoms with Crippen LogP contribution in [0.25, 0.3) is 0 Å². The summed E-state index contributed by atoms with van der Waals surface area (Å²) >= 11 is 3.62. The van der Waals surface area contributed by atoms with Gasteiger partial charge >= 0.3 is 0 Å². The van der Waals surface area contributed by atoms with Crippen molar-refractivity contribution in [1.82, 2.24) is 14.9 Å². The minimum Gasteiger partial charge on any atom is -0.372 e. The summed E-state index contributed by atoms with van der Waals surface area (Å²) in [5, 5.41) is 0. The molecule has 0 atom stereocenters. The van der Waals surface area contributed by atoms with E-state index in [-0.39, 0.29) is 0 Å². The molecule has 21 heavy (non-hydrogen) atoms. The molecule has 0 amide bonds. The van der Waals surface area contributed by atoms with Crippen LogP contribution in [0.3, 0.4) is 0 Å². The first-order chi connectivity index (χ1) is 10.3. The zero-order valence-electron chi connectivity index (χ0n) is 12.0. The number of aromatic amines is 1. The smallest absolute Gasteiger partial charge is 0.0924 e. The fourth-order valence-corrected chi connectivity index (χ4v) is 3.08. The minimum absolute atomic E-state index is 0.358. The quantitative estimate of drug-likeness (QED) is 0.899. The predicted octanol–water partition coefficient (Wildman–Crippen LogP) is 3.35. The molecule has 1 N–H and O–H groups in total. The molecule has 0 aliphatic carbocycles. The third kappa shape index (κ3) is 4.15. The molecule has 0 unspecified atom stereocenters. The number of rotatable bonds is 5. The number of halogens is 1. The number of piperidine rings is 1. The monoisotopic (exact) mass is 349 g/mol. The van der Waals surface area contributed by atoms with Crippen LogP contribution in [0.5, 0.6) is 0 Å². The highest BCUT2D eigenvalue weighted by atomic mass is 79.9. The van der Waals surface area contributed by atoms with Crippen molar-refractivity contribution in [3.63, 3.8) is 0 Å². The summed E-state index contributed by atoms with van der Waals surface area (Å²) in [6.45, 7) is 3.80. The van der Waals surface area contributed by atoms with Crippen molar-refractivity contribution in [3.8, 4) is 0 Å². The van der Waals surface area contributed by atoms with E-state index in [2.05, 4.69) is 55.1 Å². The topological polar surface area (TPSA) is 41.1 Å². The molecule has 1 aromatic heterocycles. The van der Waals surface area contributed by atoms with Gasteiger partial charge in [-0.25, -0.2) is 4.98 Å². The second kappa shape index (κ2) is 7.20. The van der Waals surface area contributed by atoms with Crippen molar-refractivity contribution in [2.24, 2.45) is 0 Å². The molecule has 1 fully saturated rings. The Bertz CT molecular complexity index is 550. The van der Waals surface area contributed by atoms with Crippen LogP contribution in [-0.2, 0) is 17.9 Å². The van der Waals surface area contributed by atoms with E-state index in [0.717, 1.165) is 38.2 Å². The number of nitrogens with one attached hydrogen (secondary N) is 1. The van der Waals surface area contributed by atoms with Crippen LogP contribution in [0.15, 0.2) is 41.3 Å². The standard InChI is InChI=1S/C16H20BrN3O/c17-16-4-2-1-3-13(16)10-20-7-5-15(6-8-20)21-11-14-9-18-12-19-14/h1-4,9,12,15H,5-8,10-11H2,(H,18,19). The molecular weight excluding hydrogens is 330 g/mol. The molecule has 1 aliphatic rings. The molecule has 0 spiro atoms. The lowest BCUT2D eigenvalue weighted by Crippen LogP contribution is -2.36. The van der Waals surface area contributed by atoms with Gasteiger partial charge in [-0.3, -0.25) is 4.90 Å². The Kier molecular flexibility index (Phi) is 5.06. The van der Waals surface area contributed by atoms with Gasteiger partial charge < -0.3 is 9.72 Å². The van der Waals surface area contributed by atoms with E-state index in [9.17, 15) is 0 Å². The maximum absolute atomic E-state index is 5.93. The van der Waals surface area contributed by atoms with Crippen molar-refractivity contribution in [1.29, 1.82) is 0 Å². The molecule has 1 saturated heterocycles. The van der Waals surface area contributed by atoms with Gasteiger partial charge in [0.2, 0.25) is 0 Å². The molecule has 2 aromatic rings. The van der Waals surface area contributed by atoms with Crippen molar-refractivity contribution >= 4 is 15.9 Å². The van der Waals surface area contributed by atoms with E-state index in [1.807, 2.05) is 6.20 Å². The van der Waals surface area contributed by atoms with Gasteiger partial charge in [-0.05, 0) is 24.5 Å². The van der Waals surface area contributed by atoms with E-state index in [0.29, 0.717) is 12.7 Å². The second-order valence-corrected chi connectivity index (χ2v) is 6.29. The van der Waals surface area contributed by atoms with E-state index < -0.39 is 0 Å². The largest absolute Gasteiger partial charge is 0.372 e. The van der Waals surface area contributed by atoms with Gasteiger partial charge in [0.15, 0.2) is 0 Å². The van der Waals surface area contributed by atoms with Crippen LogP contribution >= 0.6 is 15.9 Å². The molecule has 0 saturated carbocycles. The van der Waals surface area contributed by atoms with Gasteiger partial charge in [-0.2, -0.15) is 0 Å². The zero-order valence-corrected chi connectivity index (χ0v) is 13.6. The van der Waals surface area contributed by atoms with Gasteiger partial charge in [0.25, 0.3) is 0 Å². The Labute approximate surface area is 133 Å². The van der Waals surface area contributed by atoms with Gasteiger partial charge in [0.1, 0.15) is 0 Å². The van der Waals surface area contributed by atoms with Gasteiger partial charge in [-0.1, -0.05) is 34.1 Å². The zero-order chi connectivity index (χ0) is 14.5. The average Bonchev–Trinajstić information content (AvgIpc) is 3.02. The lowest BCUT2D eigenvalue weighted by Gasteiger charge is -2.32. The molecule has 5 heteroatoms. The van der Waals surface area contributed by atoms with Crippen molar-refractivity contribution in [2.45, 2.75) is 32.1 Å². The molecule has 1 aromatic carbocycles. The number of likely N-dealkylation sites (tertiary alicyclic amines) is 1. The molecule has 0 bridgehead atoms. The number of hydrogen-bond acceptors (Lipinski definition) is 3. The van der Waals surface area contributed by atoms with Crippen LogP contribution in [0.1, 0.15) is 24.1 Å². The van der Waals surface area contributed by atoms with Crippen LogP contribution in [-0.4, -0.2) is 34.1 Å². The summed E-state index contributed by atoms with van der Waals surface area (Å²) in [6, 6.07) is 8.45. The lowest BCUT2D eigenvalue weighted by atomic mass is 10.1. The maximum Gasteiger partial charge on any atom is 0.0924 e. The van der Waals surface area contributed by atoms with Gasteiger partial charge in [0, 0.05) is 30.3 Å². The average molecular weight is 350 g/mol. The summed E-state index contributed by atoms with van der Waals surface area (Å²) < 4.78 is 7.13. The maximum atomic E-state index is 5.93. The molecule has 4 nitrogen and oxygen atoms in total. The molecule has 112 valence electrons. The number of hydrogen-bond donors (Lipinski definition) is 1. The van der Waals surface area contributed by atoms with Crippen LogP contribution < -0.4 is 0 Å². The van der Waals surface area contributed by atoms with Crippen molar-refractivity contribution < 1.29 is 4.74 Å². The number of imidazole rings is 1. The third-order valence-electron chi connectivity index (χ3n) is 3.91. The van der Waals surface area contributed by atoms with Gasteiger partial charge in [0.05, 0.1) is 24.7 Å². The molecule has 2 heterocycles. The first-order valence-corrected chi connectivity index (χ1v) is 8.15. The number of nitrogens with zero attached hydrogens (tertiary/aromatic N) is 2. The highest BCUT2D eigenvalue weighted by molar-refractivity contribution is 9.10. The Morgan fingerprint density at radius 2 is 2.10 bits per heavy atom. The molecular formula is C16H20BrN3O. The van der Waals surface area contributed by atoms with Crippen molar-refractivity contribution in [2.75, 3.05) is 13.1 Å². The number of benzene rings is 1. The summed E-state index contributed by atoms with van der Waals surface area (Å²) in [5.41, 5.74) is 2.33. The van der Waals surface area contributed by atoms with E-state index >= 15 is 0 Å². The molecule has 0 radical (unpaired) electrons. The van der Waals surface area contributed by atoms with Crippen LogP contribution in [0.4, 0.5) is 0 Å². The number of aromatic nitrogens is 2. The summed E-state index contributed by atoms with van der Waals surface area (Å²) in [5.74, 6) is 0. The lowest BCUT2D eigenvalue weighted by molar-refractivity contribution is -0.00514. The molecule has 1 aliphatic heterocycles. The summed E-state index contributed by atoms with van der Waals surface area (Å²) in [7, 11) is 0. The van der Waals surface area contributed by atoms with E-state index in [4.69, 9.17) is 4.74 Å². The second-order valence-electron chi connectivity index (χ2n) is 5.44. The van der Waals surface area contributed by atoms with Crippen molar-refractivity contribution in [3.05, 3.63) is 52.5 Å². The molecule has 3 rings (SSSR count). The van der Waals surface area contributed by atoms with Gasteiger partial charge in [-0.15, -0.1) is 0 Å². The predicted molar refractivity (Wildman–Crippen MR) is 85.8 cm³/mol. The van der Waals surface area contributed by atoms with E-state index in [1.54, 1.807) is 6.33 Å². The van der Waals surface area contributed by atoms with Crippen LogP contribution in [0, 0.1) is 0 Å². The third-order valence-corrected chi connectivity index (χ3v) is 4.68. The summed E-state index contributed by atoms with van der Waals surface area (Å²) in [4.78, 5) is 9.63. The highest BCUT2D eigenvalue weighted by Gasteiger charge is 2.20. The SMILES string of the molecule is Brc1ccccc1CN1CCC(OCc2c[nH]cn2)CC1. The van der Waals surface area contributed by atoms with E-state index in [1.165, 1.54) is 10.0 Å². The Morgan fingerprint density at radius 1 is 1.29 bits per heavy atom. The fraction of sp³-hybridized carbons (Fsp3) is 0.438. The first kappa shape index (κ1) is 14.8. The number of H-pyrrole nitrogens is 1. The highest BCUT2D eigenvalue weighted by Crippen LogP contribution is 2.21.